The van der Waals surface area contributed by atoms with Crippen molar-refractivity contribution in [3.05, 3.63) is 52.9 Å². The molecule has 0 bridgehead atoms. The van der Waals surface area contributed by atoms with E-state index in [0.29, 0.717) is 12.1 Å². The van der Waals surface area contributed by atoms with E-state index in [1.54, 1.807) is 24.5 Å². The van der Waals surface area contributed by atoms with Gasteiger partial charge >= 0.3 is 0 Å². The first-order valence-corrected chi connectivity index (χ1v) is 9.18. The van der Waals surface area contributed by atoms with Crippen LogP contribution in [0.25, 0.3) is 0 Å². The van der Waals surface area contributed by atoms with Crippen molar-refractivity contribution in [3.8, 4) is 0 Å². The summed E-state index contributed by atoms with van der Waals surface area (Å²) < 4.78 is 0. The van der Waals surface area contributed by atoms with Gasteiger partial charge in [-0.25, -0.2) is 0 Å². The number of hydrogen-bond acceptors (Lipinski definition) is 4. The van der Waals surface area contributed by atoms with E-state index in [-0.39, 0.29) is 24.0 Å². The number of nitrogens with one attached hydrogen (secondary N) is 1. The number of rotatable bonds is 4. The molecule has 1 aromatic heterocycles. The summed E-state index contributed by atoms with van der Waals surface area (Å²) in [5.41, 5.74) is 6.88. The highest BCUT2D eigenvalue weighted by atomic mass is 127. The van der Waals surface area contributed by atoms with Gasteiger partial charge in [0.2, 0.25) is 5.91 Å². The smallest absolute Gasteiger partial charge is 0.248 e. The Morgan fingerprint density at radius 3 is 2.62 bits per heavy atom. The van der Waals surface area contributed by atoms with Crippen LogP contribution in [-0.4, -0.2) is 50.0 Å². The van der Waals surface area contributed by atoms with Gasteiger partial charge in [-0.3, -0.25) is 9.79 Å². The van der Waals surface area contributed by atoms with E-state index in [1.165, 1.54) is 5.00 Å². The molecule has 0 radical (unpaired) electrons. The number of amides is 1. The molecular formula is C18H24IN5OS. The van der Waals surface area contributed by atoms with Gasteiger partial charge in [-0.2, -0.15) is 0 Å². The average Bonchev–Trinajstić information content (AvgIpc) is 3.18. The number of primary amides is 1. The second-order valence-corrected chi connectivity index (χ2v) is 6.82. The summed E-state index contributed by atoms with van der Waals surface area (Å²) in [5, 5.41) is 6.82. The molecule has 1 aliphatic heterocycles. The highest BCUT2D eigenvalue weighted by molar-refractivity contribution is 14.0. The molecule has 2 heterocycles. The molecule has 3 rings (SSSR count). The summed E-state index contributed by atoms with van der Waals surface area (Å²) >= 11 is 1.78. The van der Waals surface area contributed by atoms with Gasteiger partial charge in [-0.1, -0.05) is 12.1 Å². The Morgan fingerprint density at radius 2 is 2.00 bits per heavy atom. The van der Waals surface area contributed by atoms with Gasteiger partial charge in [0.05, 0.1) is 5.00 Å². The molecule has 140 valence electrons. The average molecular weight is 485 g/mol. The van der Waals surface area contributed by atoms with Crippen LogP contribution in [0, 0.1) is 0 Å². The number of aliphatic imine (C=N–C) groups is 1. The van der Waals surface area contributed by atoms with Crippen molar-refractivity contribution in [2.75, 3.05) is 38.1 Å². The molecule has 0 atom stereocenters. The Labute approximate surface area is 175 Å². The molecule has 2 aromatic rings. The van der Waals surface area contributed by atoms with Crippen molar-refractivity contribution in [2.24, 2.45) is 10.7 Å². The van der Waals surface area contributed by atoms with Gasteiger partial charge in [0, 0.05) is 45.3 Å². The fourth-order valence-electron chi connectivity index (χ4n) is 2.94. The molecule has 3 N–H and O–H groups in total. The van der Waals surface area contributed by atoms with Crippen molar-refractivity contribution < 1.29 is 4.79 Å². The fourth-order valence-corrected chi connectivity index (χ4v) is 3.72. The maximum atomic E-state index is 11.3. The first-order valence-electron chi connectivity index (χ1n) is 8.30. The number of guanidine groups is 1. The SMILES string of the molecule is CN=C(NCc1cccc(C(N)=O)c1)N1CCN(c2cccs2)CC1.I. The van der Waals surface area contributed by atoms with Crippen molar-refractivity contribution in [1.82, 2.24) is 10.2 Å². The molecule has 0 spiro atoms. The van der Waals surface area contributed by atoms with E-state index < -0.39 is 5.91 Å². The van der Waals surface area contributed by atoms with Crippen LogP contribution >= 0.6 is 35.3 Å². The highest BCUT2D eigenvalue weighted by Crippen LogP contribution is 2.22. The van der Waals surface area contributed by atoms with Gasteiger partial charge in [-0.15, -0.1) is 35.3 Å². The van der Waals surface area contributed by atoms with Crippen LogP contribution in [0.15, 0.2) is 46.8 Å². The Bertz CT molecular complexity index is 742. The van der Waals surface area contributed by atoms with Crippen molar-refractivity contribution >= 4 is 52.2 Å². The summed E-state index contributed by atoms with van der Waals surface area (Å²) in [6.07, 6.45) is 0. The minimum Gasteiger partial charge on any atom is -0.366 e. The molecule has 1 amide bonds. The van der Waals surface area contributed by atoms with Crippen molar-refractivity contribution in [2.45, 2.75) is 6.54 Å². The minimum atomic E-state index is -0.407. The third-order valence-corrected chi connectivity index (χ3v) is 5.20. The molecular weight excluding hydrogens is 461 g/mol. The number of carbonyl (C=O) groups is 1. The third kappa shape index (κ3) is 5.10. The lowest BCUT2D eigenvalue weighted by Gasteiger charge is -2.37. The number of carbonyl (C=O) groups excluding carboxylic acids is 1. The summed E-state index contributed by atoms with van der Waals surface area (Å²) in [7, 11) is 1.80. The Hall–Kier alpha value is -1.81. The lowest BCUT2D eigenvalue weighted by molar-refractivity contribution is 0.1000. The number of anilines is 1. The molecule has 1 aliphatic rings. The van der Waals surface area contributed by atoms with Crippen LogP contribution in [0.2, 0.25) is 0 Å². The van der Waals surface area contributed by atoms with Crippen LogP contribution < -0.4 is 16.0 Å². The van der Waals surface area contributed by atoms with Gasteiger partial charge in [0.1, 0.15) is 0 Å². The number of halogens is 1. The van der Waals surface area contributed by atoms with E-state index in [2.05, 4.69) is 37.6 Å². The molecule has 0 aliphatic carbocycles. The van der Waals surface area contributed by atoms with Crippen LogP contribution in [0.5, 0.6) is 0 Å². The topological polar surface area (TPSA) is 74.0 Å². The Kier molecular flexibility index (Phi) is 7.70. The standard InChI is InChI=1S/C18H23N5OS.HI/c1-20-18(21-13-14-4-2-5-15(12-14)17(19)24)23-9-7-22(8-10-23)16-6-3-11-25-16;/h2-6,11-12H,7-10,13H2,1H3,(H2,19,24)(H,20,21);1H. The lowest BCUT2D eigenvalue weighted by Crippen LogP contribution is -2.52. The molecule has 6 nitrogen and oxygen atoms in total. The van der Waals surface area contributed by atoms with Crippen LogP contribution in [0.3, 0.4) is 0 Å². The predicted octanol–water partition coefficient (Wildman–Crippen LogP) is 2.36. The maximum absolute atomic E-state index is 11.3. The summed E-state index contributed by atoms with van der Waals surface area (Å²) in [6, 6.07) is 11.6. The molecule has 0 unspecified atom stereocenters. The van der Waals surface area contributed by atoms with Crippen molar-refractivity contribution in [1.29, 1.82) is 0 Å². The van der Waals surface area contributed by atoms with Gasteiger partial charge in [0.15, 0.2) is 5.96 Å². The first kappa shape index (κ1) is 20.5. The van der Waals surface area contributed by atoms with Crippen LogP contribution in [0.4, 0.5) is 5.00 Å². The van der Waals surface area contributed by atoms with Gasteiger partial charge in [0.25, 0.3) is 0 Å². The maximum Gasteiger partial charge on any atom is 0.248 e. The molecule has 1 aromatic carbocycles. The largest absolute Gasteiger partial charge is 0.366 e. The molecule has 1 saturated heterocycles. The minimum absolute atomic E-state index is 0. The van der Waals surface area contributed by atoms with Crippen molar-refractivity contribution in [3.63, 3.8) is 0 Å². The number of thiophene rings is 1. The third-order valence-electron chi connectivity index (χ3n) is 4.27. The molecule has 26 heavy (non-hydrogen) atoms. The number of benzene rings is 1. The summed E-state index contributed by atoms with van der Waals surface area (Å²) in [4.78, 5) is 20.4. The van der Waals surface area contributed by atoms with E-state index in [4.69, 9.17) is 5.73 Å². The van der Waals surface area contributed by atoms with Crippen LogP contribution in [-0.2, 0) is 6.54 Å². The predicted molar refractivity (Wildman–Crippen MR) is 119 cm³/mol. The fraction of sp³-hybridized carbons (Fsp3) is 0.333. The molecule has 1 fully saturated rings. The zero-order valence-electron chi connectivity index (χ0n) is 14.7. The van der Waals surface area contributed by atoms with E-state index in [1.807, 2.05) is 18.2 Å². The number of nitrogens with zero attached hydrogens (tertiary/aromatic N) is 3. The second-order valence-electron chi connectivity index (χ2n) is 5.89. The Balaban J connectivity index is 0.00000243. The zero-order chi connectivity index (χ0) is 17.6. The second kappa shape index (κ2) is 9.77. The number of nitrogens with two attached hydrogens (primary N) is 1. The number of piperazine rings is 1. The number of hydrogen-bond donors (Lipinski definition) is 2. The monoisotopic (exact) mass is 485 g/mol. The van der Waals surface area contributed by atoms with E-state index >= 15 is 0 Å². The zero-order valence-corrected chi connectivity index (χ0v) is 17.9. The van der Waals surface area contributed by atoms with Crippen LogP contribution in [0.1, 0.15) is 15.9 Å². The normalized spacial score (nSPS) is 14.7. The summed E-state index contributed by atoms with van der Waals surface area (Å²) in [5.74, 6) is 0.478. The quantitative estimate of drug-likeness (QED) is 0.396. The molecule has 0 saturated carbocycles. The highest BCUT2D eigenvalue weighted by Gasteiger charge is 2.20. The lowest BCUT2D eigenvalue weighted by atomic mass is 10.1. The van der Waals surface area contributed by atoms with E-state index in [0.717, 1.165) is 37.7 Å². The van der Waals surface area contributed by atoms with E-state index in [9.17, 15) is 4.79 Å². The first-order chi connectivity index (χ1) is 12.2. The molecule has 8 heteroatoms. The Morgan fingerprint density at radius 1 is 1.23 bits per heavy atom. The summed E-state index contributed by atoms with van der Waals surface area (Å²) in [6.45, 7) is 4.44. The van der Waals surface area contributed by atoms with Gasteiger partial charge in [-0.05, 0) is 35.2 Å². The van der Waals surface area contributed by atoms with Gasteiger partial charge < -0.3 is 20.9 Å².